The molecular formula is C17H21N3O2. The lowest BCUT2D eigenvalue weighted by atomic mass is 10.1. The molecule has 22 heavy (non-hydrogen) atoms. The minimum atomic E-state index is -0.210. The van der Waals surface area contributed by atoms with E-state index in [4.69, 9.17) is 4.42 Å². The van der Waals surface area contributed by atoms with Gasteiger partial charge < -0.3 is 15.1 Å². The van der Waals surface area contributed by atoms with Gasteiger partial charge >= 0.3 is 6.03 Å². The van der Waals surface area contributed by atoms with E-state index in [1.807, 2.05) is 37.3 Å². The Kier molecular flexibility index (Phi) is 5.77. The van der Waals surface area contributed by atoms with Crippen molar-refractivity contribution < 1.29 is 9.21 Å². The highest BCUT2D eigenvalue weighted by atomic mass is 16.3. The van der Waals surface area contributed by atoms with Crippen LogP contribution in [0.25, 0.3) is 11.5 Å². The first kappa shape index (κ1) is 15.8. The van der Waals surface area contributed by atoms with Gasteiger partial charge in [0, 0.05) is 11.6 Å². The van der Waals surface area contributed by atoms with Gasteiger partial charge in [0.25, 0.3) is 0 Å². The first-order valence-corrected chi connectivity index (χ1v) is 7.38. The monoisotopic (exact) mass is 299 g/mol. The van der Waals surface area contributed by atoms with Crippen molar-refractivity contribution >= 4 is 6.03 Å². The third kappa shape index (κ3) is 4.48. The fraction of sp³-hybridized carbons (Fsp3) is 0.294. The molecule has 0 spiro atoms. The van der Waals surface area contributed by atoms with Gasteiger partial charge in [-0.2, -0.15) is 0 Å². The van der Waals surface area contributed by atoms with Crippen LogP contribution in [0.3, 0.4) is 0 Å². The van der Waals surface area contributed by atoms with Crippen molar-refractivity contribution in [1.29, 1.82) is 0 Å². The molecule has 2 N–H and O–H groups in total. The maximum atomic E-state index is 11.8. The first-order valence-electron chi connectivity index (χ1n) is 7.38. The zero-order chi connectivity index (χ0) is 15.8. The van der Waals surface area contributed by atoms with E-state index >= 15 is 0 Å². The Bertz CT molecular complexity index is 607. The van der Waals surface area contributed by atoms with E-state index in [1.165, 1.54) is 0 Å². The van der Waals surface area contributed by atoms with Crippen molar-refractivity contribution in [3.8, 4) is 11.5 Å². The van der Waals surface area contributed by atoms with Gasteiger partial charge in [0.1, 0.15) is 6.26 Å². The van der Waals surface area contributed by atoms with Crippen molar-refractivity contribution in [1.82, 2.24) is 15.6 Å². The van der Waals surface area contributed by atoms with E-state index in [0.717, 1.165) is 18.4 Å². The van der Waals surface area contributed by atoms with E-state index in [2.05, 4.69) is 22.2 Å². The Morgan fingerprint density at radius 1 is 1.41 bits per heavy atom. The largest absolute Gasteiger partial charge is 0.444 e. The third-order valence-corrected chi connectivity index (χ3v) is 3.28. The number of urea groups is 1. The summed E-state index contributed by atoms with van der Waals surface area (Å²) in [5, 5.41) is 5.68. The van der Waals surface area contributed by atoms with E-state index in [1.54, 1.807) is 12.3 Å². The molecule has 5 nitrogen and oxygen atoms in total. The number of rotatable bonds is 7. The second kappa shape index (κ2) is 8.02. The number of nitrogens with one attached hydrogen (secondary N) is 2. The maximum absolute atomic E-state index is 11.8. The standard InChI is InChI=1S/C17H21N3O2/c1-3-8-14(4-2)20-17(21)18-11-15-12-22-16(19-15)13-9-6-5-7-10-13/h3,5-7,9-10,12,14H,1,4,8,11H2,2H3,(H2,18,20,21)/t14-/m0/s1. The Morgan fingerprint density at radius 2 is 2.18 bits per heavy atom. The molecule has 0 aliphatic rings. The quantitative estimate of drug-likeness (QED) is 0.769. The predicted molar refractivity (Wildman–Crippen MR) is 86.2 cm³/mol. The molecule has 0 radical (unpaired) electrons. The van der Waals surface area contributed by atoms with Gasteiger partial charge in [-0.25, -0.2) is 9.78 Å². The van der Waals surface area contributed by atoms with Gasteiger partial charge in [0.2, 0.25) is 5.89 Å². The van der Waals surface area contributed by atoms with Gasteiger partial charge in [-0.1, -0.05) is 31.2 Å². The normalized spacial score (nSPS) is 11.7. The predicted octanol–water partition coefficient (Wildman–Crippen LogP) is 3.50. The fourth-order valence-corrected chi connectivity index (χ4v) is 2.04. The zero-order valence-electron chi connectivity index (χ0n) is 12.7. The number of aromatic nitrogens is 1. The summed E-state index contributed by atoms with van der Waals surface area (Å²) in [6, 6.07) is 9.54. The lowest BCUT2D eigenvalue weighted by Crippen LogP contribution is -2.41. The van der Waals surface area contributed by atoms with E-state index in [0.29, 0.717) is 18.1 Å². The fourth-order valence-electron chi connectivity index (χ4n) is 2.04. The highest BCUT2D eigenvalue weighted by Gasteiger charge is 2.10. The molecule has 0 aliphatic heterocycles. The Balaban J connectivity index is 1.86. The van der Waals surface area contributed by atoms with Crippen molar-refractivity contribution in [2.45, 2.75) is 32.4 Å². The topological polar surface area (TPSA) is 67.2 Å². The van der Waals surface area contributed by atoms with Crippen LogP contribution in [0.15, 0.2) is 53.7 Å². The summed E-state index contributed by atoms with van der Waals surface area (Å²) in [6.45, 7) is 6.04. The molecule has 2 rings (SSSR count). The van der Waals surface area contributed by atoms with Crippen LogP contribution in [0.5, 0.6) is 0 Å². The number of amides is 2. The first-order chi connectivity index (χ1) is 10.7. The molecule has 1 heterocycles. The molecule has 0 saturated heterocycles. The van der Waals surface area contributed by atoms with Crippen LogP contribution < -0.4 is 10.6 Å². The second-order valence-corrected chi connectivity index (χ2v) is 4.97. The number of carbonyl (C=O) groups is 1. The van der Waals surface area contributed by atoms with Crippen molar-refractivity contribution in [2.75, 3.05) is 0 Å². The Morgan fingerprint density at radius 3 is 2.86 bits per heavy atom. The van der Waals surface area contributed by atoms with Gasteiger partial charge in [0.15, 0.2) is 0 Å². The number of benzene rings is 1. The van der Waals surface area contributed by atoms with Gasteiger partial charge in [-0.05, 0) is 25.0 Å². The molecule has 116 valence electrons. The number of hydrogen-bond donors (Lipinski definition) is 2. The molecule has 0 bridgehead atoms. The summed E-state index contributed by atoms with van der Waals surface area (Å²) < 4.78 is 5.43. The summed E-state index contributed by atoms with van der Waals surface area (Å²) >= 11 is 0. The number of hydrogen-bond acceptors (Lipinski definition) is 3. The smallest absolute Gasteiger partial charge is 0.315 e. The highest BCUT2D eigenvalue weighted by molar-refractivity contribution is 5.74. The van der Waals surface area contributed by atoms with Gasteiger partial charge in [0.05, 0.1) is 12.2 Å². The Hall–Kier alpha value is -2.56. The molecule has 1 atom stereocenters. The van der Waals surface area contributed by atoms with Crippen LogP contribution >= 0.6 is 0 Å². The summed E-state index contributed by atoms with van der Waals surface area (Å²) in [5.41, 5.74) is 1.60. The molecule has 0 aliphatic carbocycles. The molecule has 2 aromatic rings. The summed E-state index contributed by atoms with van der Waals surface area (Å²) in [5.74, 6) is 0.552. The summed E-state index contributed by atoms with van der Waals surface area (Å²) in [7, 11) is 0. The van der Waals surface area contributed by atoms with Gasteiger partial charge in [-0.3, -0.25) is 0 Å². The average Bonchev–Trinajstić information content (AvgIpc) is 3.02. The minimum Gasteiger partial charge on any atom is -0.444 e. The van der Waals surface area contributed by atoms with Crippen LogP contribution in [0, 0.1) is 0 Å². The van der Waals surface area contributed by atoms with Crippen LogP contribution in [0.1, 0.15) is 25.5 Å². The molecule has 5 heteroatoms. The van der Waals surface area contributed by atoms with Crippen LogP contribution in [-0.2, 0) is 6.54 Å². The SMILES string of the molecule is C=CC[C@H](CC)NC(=O)NCc1coc(-c2ccccc2)n1. The molecule has 0 unspecified atom stereocenters. The summed E-state index contributed by atoms with van der Waals surface area (Å²) in [6.07, 6.45) is 4.98. The highest BCUT2D eigenvalue weighted by Crippen LogP contribution is 2.17. The van der Waals surface area contributed by atoms with Crippen LogP contribution in [-0.4, -0.2) is 17.1 Å². The van der Waals surface area contributed by atoms with Crippen molar-refractivity contribution in [3.05, 3.63) is 54.9 Å². The average molecular weight is 299 g/mol. The van der Waals surface area contributed by atoms with E-state index in [-0.39, 0.29) is 12.1 Å². The second-order valence-electron chi connectivity index (χ2n) is 4.97. The Labute approximate surface area is 130 Å². The molecule has 1 aromatic heterocycles. The zero-order valence-corrected chi connectivity index (χ0v) is 12.7. The van der Waals surface area contributed by atoms with Crippen LogP contribution in [0.4, 0.5) is 4.79 Å². The summed E-state index contributed by atoms with van der Waals surface area (Å²) in [4.78, 5) is 16.2. The number of nitrogens with zero attached hydrogens (tertiary/aromatic N) is 1. The lowest BCUT2D eigenvalue weighted by Gasteiger charge is -2.15. The van der Waals surface area contributed by atoms with Crippen molar-refractivity contribution in [2.24, 2.45) is 0 Å². The molecule has 0 fully saturated rings. The minimum absolute atomic E-state index is 0.106. The molecule has 1 aromatic carbocycles. The molecular weight excluding hydrogens is 278 g/mol. The van der Waals surface area contributed by atoms with Crippen LogP contribution in [0.2, 0.25) is 0 Å². The maximum Gasteiger partial charge on any atom is 0.315 e. The molecule has 0 saturated carbocycles. The lowest BCUT2D eigenvalue weighted by molar-refractivity contribution is 0.236. The van der Waals surface area contributed by atoms with E-state index < -0.39 is 0 Å². The van der Waals surface area contributed by atoms with Crippen molar-refractivity contribution in [3.63, 3.8) is 0 Å². The third-order valence-electron chi connectivity index (χ3n) is 3.28. The molecule has 2 amide bonds. The van der Waals surface area contributed by atoms with Gasteiger partial charge in [-0.15, -0.1) is 6.58 Å². The number of carbonyl (C=O) groups excluding carboxylic acids is 1. The van der Waals surface area contributed by atoms with E-state index in [9.17, 15) is 4.79 Å². The number of oxazole rings is 1.